The van der Waals surface area contributed by atoms with E-state index >= 15 is 0 Å². The molecule has 0 aliphatic heterocycles. The third-order valence-corrected chi connectivity index (χ3v) is 4.01. The standard InChI is InChI=1S/C13H22N4S/c1-3-11-9-16-12(18-11)7-8-15-13(14-4-2)17-10-5-6-10/h9-10H,3-8H2,1-2H3,(H2,14,15,17). The number of hydrogen-bond donors (Lipinski definition) is 2. The lowest BCUT2D eigenvalue weighted by Gasteiger charge is -2.09. The molecule has 4 nitrogen and oxygen atoms in total. The summed E-state index contributed by atoms with van der Waals surface area (Å²) in [7, 11) is 0. The second-order valence-electron chi connectivity index (χ2n) is 4.50. The lowest BCUT2D eigenvalue weighted by molar-refractivity contribution is 0.807. The van der Waals surface area contributed by atoms with Gasteiger partial charge in [0.05, 0.1) is 5.01 Å². The van der Waals surface area contributed by atoms with Gasteiger partial charge in [-0.2, -0.15) is 0 Å². The molecule has 100 valence electrons. The van der Waals surface area contributed by atoms with Crippen molar-refractivity contribution in [2.24, 2.45) is 4.99 Å². The Bertz CT molecular complexity index is 395. The van der Waals surface area contributed by atoms with Gasteiger partial charge < -0.3 is 10.6 Å². The third-order valence-electron chi connectivity index (χ3n) is 2.81. The predicted octanol–water partition coefficient (Wildman–Crippen LogP) is 1.97. The molecule has 0 spiro atoms. The smallest absolute Gasteiger partial charge is 0.191 e. The van der Waals surface area contributed by atoms with Crippen molar-refractivity contribution >= 4 is 17.3 Å². The predicted molar refractivity (Wildman–Crippen MR) is 77.3 cm³/mol. The van der Waals surface area contributed by atoms with Crippen LogP contribution in [-0.2, 0) is 12.8 Å². The van der Waals surface area contributed by atoms with Crippen molar-refractivity contribution in [2.45, 2.75) is 45.6 Å². The van der Waals surface area contributed by atoms with Crippen LogP contribution < -0.4 is 10.6 Å². The summed E-state index contributed by atoms with van der Waals surface area (Å²) in [6.07, 6.45) is 6.55. The Morgan fingerprint density at radius 1 is 1.50 bits per heavy atom. The lowest BCUT2D eigenvalue weighted by atomic mass is 10.4. The van der Waals surface area contributed by atoms with Gasteiger partial charge in [-0.3, -0.25) is 4.99 Å². The molecule has 1 aromatic heterocycles. The molecular formula is C13H22N4S. The molecular weight excluding hydrogens is 244 g/mol. The average Bonchev–Trinajstić information content (AvgIpc) is 3.06. The molecule has 1 heterocycles. The molecule has 18 heavy (non-hydrogen) atoms. The van der Waals surface area contributed by atoms with Gasteiger partial charge in [-0.15, -0.1) is 11.3 Å². The minimum absolute atomic E-state index is 0.648. The summed E-state index contributed by atoms with van der Waals surface area (Å²) >= 11 is 1.80. The summed E-state index contributed by atoms with van der Waals surface area (Å²) in [6.45, 7) is 5.98. The van der Waals surface area contributed by atoms with Gasteiger partial charge in [0, 0.05) is 36.6 Å². The summed E-state index contributed by atoms with van der Waals surface area (Å²) in [5.41, 5.74) is 0. The fourth-order valence-electron chi connectivity index (χ4n) is 1.63. The van der Waals surface area contributed by atoms with Gasteiger partial charge in [0.1, 0.15) is 0 Å². The maximum absolute atomic E-state index is 4.59. The van der Waals surface area contributed by atoms with Crippen molar-refractivity contribution in [1.82, 2.24) is 15.6 Å². The molecule has 0 unspecified atom stereocenters. The van der Waals surface area contributed by atoms with E-state index in [0.29, 0.717) is 6.04 Å². The zero-order chi connectivity index (χ0) is 12.8. The highest BCUT2D eigenvalue weighted by Crippen LogP contribution is 2.18. The van der Waals surface area contributed by atoms with E-state index in [9.17, 15) is 0 Å². The van der Waals surface area contributed by atoms with Crippen LogP contribution in [0.2, 0.25) is 0 Å². The number of nitrogens with zero attached hydrogens (tertiary/aromatic N) is 2. The van der Waals surface area contributed by atoms with E-state index in [1.54, 1.807) is 11.3 Å². The SMILES string of the molecule is CCNC(=NCCc1ncc(CC)s1)NC1CC1. The van der Waals surface area contributed by atoms with Gasteiger partial charge in [0.2, 0.25) is 0 Å². The molecule has 0 amide bonds. The molecule has 1 fully saturated rings. The molecule has 2 N–H and O–H groups in total. The van der Waals surface area contributed by atoms with Gasteiger partial charge in [-0.05, 0) is 26.2 Å². The average molecular weight is 266 g/mol. The first-order chi connectivity index (χ1) is 8.81. The number of aromatic nitrogens is 1. The molecule has 0 saturated heterocycles. The van der Waals surface area contributed by atoms with Gasteiger partial charge >= 0.3 is 0 Å². The van der Waals surface area contributed by atoms with Crippen molar-refractivity contribution in [2.75, 3.05) is 13.1 Å². The molecule has 2 rings (SSSR count). The maximum atomic E-state index is 4.59. The van der Waals surface area contributed by atoms with Crippen LogP contribution in [0.15, 0.2) is 11.2 Å². The third kappa shape index (κ3) is 4.29. The number of thiazole rings is 1. The zero-order valence-electron chi connectivity index (χ0n) is 11.2. The van der Waals surface area contributed by atoms with E-state index in [0.717, 1.165) is 31.9 Å². The Morgan fingerprint density at radius 3 is 2.94 bits per heavy atom. The van der Waals surface area contributed by atoms with Crippen molar-refractivity contribution in [3.63, 3.8) is 0 Å². The quantitative estimate of drug-likeness (QED) is 0.611. The van der Waals surface area contributed by atoms with Crippen LogP contribution in [0, 0.1) is 0 Å². The van der Waals surface area contributed by atoms with Gasteiger partial charge in [0.15, 0.2) is 5.96 Å². The van der Waals surface area contributed by atoms with E-state index < -0.39 is 0 Å². The molecule has 5 heteroatoms. The van der Waals surface area contributed by atoms with Gasteiger partial charge in [-0.1, -0.05) is 6.92 Å². The van der Waals surface area contributed by atoms with Gasteiger partial charge in [-0.25, -0.2) is 4.98 Å². The van der Waals surface area contributed by atoms with Crippen LogP contribution in [0.5, 0.6) is 0 Å². The highest BCUT2D eigenvalue weighted by Gasteiger charge is 2.21. The Balaban J connectivity index is 1.79. The van der Waals surface area contributed by atoms with Crippen LogP contribution >= 0.6 is 11.3 Å². The topological polar surface area (TPSA) is 49.3 Å². The normalized spacial score (nSPS) is 15.8. The Morgan fingerprint density at radius 2 is 2.33 bits per heavy atom. The Hall–Kier alpha value is -1.10. The van der Waals surface area contributed by atoms with Crippen molar-refractivity contribution in [3.8, 4) is 0 Å². The number of aryl methyl sites for hydroxylation is 1. The van der Waals surface area contributed by atoms with E-state index in [1.807, 2.05) is 6.20 Å². The highest BCUT2D eigenvalue weighted by atomic mass is 32.1. The van der Waals surface area contributed by atoms with E-state index in [1.165, 1.54) is 22.7 Å². The van der Waals surface area contributed by atoms with Crippen molar-refractivity contribution in [3.05, 3.63) is 16.1 Å². The lowest BCUT2D eigenvalue weighted by Crippen LogP contribution is -2.38. The molecule has 1 aromatic rings. The molecule has 0 atom stereocenters. The summed E-state index contributed by atoms with van der Waals surface area (Å²) in [6, 6.07) is 0.648. The minimum atomic E-state index is 0.648. The zero-order valence-corrected chi connectivity index (χ0v) is 12.0. The molecule has 1 aliphatic carbocycles. The minimum Gasteiger partial charge on any atom is -0.357 e. The molecule has 0 bridgehead atoms. The Kier molecular flexibility index (Phi) is 4.99. The van der Waals surface area contributed by atoms with E-state index in [-0.39, 0.29) is 0 Å². The summed E-state index contributed by atoms with van der Waals surface area (Å²) in [5.74, 6) is 0.951. The first-order valence-corrected chi connectivity index (χ1v) is 7.62. The second-order valence-corrected chi connectivity index (χ2v) is 5.70. The molecule has 0 aromatic carbocycles. The van der Waals surface area contributed by atoms with Crippen LogP contribution in [0.1, 0.15) is 36.6 Å². The number of aliphatic imine (C=N–C) groups is 1. The summed E-state index contributed by atoms with van der Waals surface area (Å²) < 4.78 is 0. The summed E-state index contributed by atoms with van der Waals surface area (Å²) in [4.78, 5) is 10.4. The number of guanidine groups is 1. The van der Waals surface area contributed by atoms with Crippen molar-refractivity contribution < 1.29 is 0 Å². The van der Waals surface area contributed by atoms with Crippen LogP contribution in [0.25, 0.3) is 0 Å². The molecule has 0 radical (unpaired) electrons. The first-order valence-electron chi connectivity index (χ1n) is 6.80. The van der Waals surface area contributed by atoms with Gasteiger partial charge in [0.25, 0.3) is 0 Å². The maximum Gasteiger partial charge on any atom is 0.191 e. The first kappa shape index (κ1) is 13.3. The molecule has 1 aliphatic rings. The second kappa shape index (κ2) is 6.73. The van der Waals surface area contributed by atoms with E-state index in [4.69, 9.17) is 0 Å². The summed E-state index contributed by atoms with van der Waals surface area (Å²) in [5, 5.41) is 7.89. The number of hydrogen-bond acceptors (Lipinski definition) is 3. The van der Waals surface area contributed by atoms with E-state index in [2.05, 4.69) is 34.5 Å². The number of rotatable bonds is 6. The van der Waals surface area contributed by atoms with Crippen LogP contribution in [0.3, 0.4) is 0 Å². The highest BCUT2D eigenvalue weighted by molar-refractivity contribution is 7.11. The van der Waals surface area contributed by atoms with Crippen LogP contribution in [-0.4, -0.2) is 30.1 Å². The Labute approximate surface area is 113 Å². The fourth-order valence-corrected chi connectivity index (χ4v) is 2.48. The van der Waals surface area contributed by atoms with Crippen LogP contribution in [0.4, 0.5) is 0 Å². The largest absolute Gasteiger partial charge is 0.357 e. The van der Waals surface area contributed by atoms with Crippen molar-refractivity contribution in [1.29, 1.82) is 0 Å². The molecule has 1 saturated carbocycles. The monoisotopic (exact) mass is 266 g/mol. The fraction of sp³-hybridized carbons (Fsp3) is 0.692. The number of nitrogens with one attached hydrogen (secondary N) is 2.